The Kier molecular flexibility index (Phi) is 9.53. The molecule has 1 saturated heterocycles. The van der Waals surface area contributed by atoms with Crippen molar-refractivity contribution in [3.05, 3.63) is 82.4 Å². The van der Waals surface area contributed by atoms with Crippen molar-refractivity contribution in [1.29, 1.82) is 0 Å². The first-order valence-electron chi connectivity index (χ1n) is 14.7. The zero-order chi connectivity index (χ0) is 33.2. The van der Waals surface area contributed by atoms with Crippen LogP contribution < -0.4 is 16.3 Å². The van der Waals surface area contributed by atoms with Crippen LogP contribution in [0.15, 0.2) is 65.6 Å². The first-order chi connectivity index (χ1) is 21.9. The average molecular weight is 637 g/mol. The number of esters is 1. The molecule has 5 rings (SSSR count). The van der Waals surface area contributed by atoms with Crippen molar-refractivity contribution >= 4 is 23.8 Å². The second-order valence-electron chi connectivity index (χ2n) is 12.0. The zero-order valence-electron chi connectivity index (χ0n) is 25.5. The van der Waals surface area contributed by atoms with Crippen molar-refractivity contribution in [3.63, 3.8) is 0 Å². The molecule has 5 atom stereocenters. The number of amides is 2. The van der Waals surface area contributed by atoms with Gasteiger partial charge >= 0.3 is 17.8 Å². The lowest BCUT2D eigenvalue weighted by Crippen LogP contribution is -2.46. The Morgan fingerprint density at radius 2 is 1.63 bits per heavy atom. The Morgan fingerprint density at radius 1 is 1.00 bits per heavy atom. The topological polar surface area (TPSA) is 199 Å². The van der Waals surface area contributed by atoms with E-state index in [-0.39, 0.29) is 18.3 Å². The third-order valence-electron chi connectivity index (χ3n) is 7.61. The van der Waals surface area contributed by atoms with Crippen LogP contribution in [-0.4, -0.2) is 86.0 Å². The van der Waals surface area contributed by atoms with Gasteiger partial charge in [-0.25, -0.2) is 14.4 Å². The summed E-state index contributed by atoms with van der Waals surface area (Å²) in [6.45, 7) is 4.33. The van der Waals surface area contributed by atoms with Crippen molar-refractivity contribution in [1.82, 2.24) is 14.9 Å². The van der Waals surface area contributed by atoms with E-state index in [2.05, 4.69) is 15.6 Å². The highest BCUT2D eigenvalue weighted by molar-refractivity contribution is 5.94. The summed E-state index contributed by atoms with van der Waals surface area (Å²) in [5.41, 5.74) is 2.25. The van der Waals surface area contributed by atoms with Crippen molar-refractivity contribution in [2.24, 2.45) is 0 Å². The van der Waals surface area contributed by atoms with Gasteiger partial charge < -0.3 is 40.2 Å². The molecule has 2 heterocycles. The van der Waals surface area contributed by atoms with Crippen LogP contribution in [0.1, 0.15) is 50.5 Å². The number of rotatable bonds is 9. The summed E-state index contributed by atoms with van der Waals surface area (Å²) in [6.07, 6.45) is -5.66. The molecule has 14 heteroatoms. The van der Waals surface area contributed by atoms with Crippen molar-refractivity contribution in [2.45, 2.75) is 69.3 Å². The number of nitrogens with one attached hydrogen (secondary N) is 2. The number of carbonyl (C=O) groups is 3. The van der Waals surface area contributed by atoms with Crippen LogP contribution in [0.2, 0.25) is 0 Å². The third kappa shape index (κ3) is 7.10. The number of anilines is 1. The van der Waals surface area contributed by atoms with Gasteiger partial charge in [0.15, 0.2) is 6.23 Å². The molecule has 1 aliphatic heterocycles. The van der Waals surface area contributed by atoms with Crippen LogP contribution in [0.4, 0.5) is 10.6 Å². The summed E-state index contributed by atoms with van der Waals surface area (Å²) in [7, 11) is 0. The second kappa shape index (κ2) is 13.4. The fourth-order valence-electron chi connectivity index (χ4n) is 5.51. The minimum atomic E-state index is -1.51. The maximum atomic E-state index is 13.4. The first-order valence-corrected chi connectivity index (χ1v) is 14.7. The number of aliphatic hydroxyl groups excluding tert-OH is 3. The molecule has 0 bridgehead atoms. The highest BCUT2D eigenvalue weighted by Gasteiger charge is 2.44. The quantitative estimate of drug-likeness (QED) is 0.213. The number of nitrogens with zero attached hydrogens (tertiary/aromatic N) is 2. The number of carbonyl (C=O) groups excluding carboxylic acids is 3. The van der Waals surface area contributed by atoms with E-state index >= 15 is 0 Å². The van der Waals surface area contributed by atoms with Crippen LogP contribution in [0.5, 0.6) is 0 Å². The zero-order valence-corrected chi connectivity index (χ0v) is 25.5. The van der Waals surface area contributed by atoms with Crippen LogP contribution in [0.3, 0.4) is 0 Å². The molecule has 14 nitrogen and oxygen atoms in total. The van der Waals surface area contributed by atoms with Gasteiger partial charge in [-0.1, -0.05) is 48.5 Å². The van der Waals surface area contributed by atoms with E-state index in [1.807, 2.05) is 48.5 Å². The third-order valence-corrected chi connectivity index (χ3v) is 7.61. The molecule has 3 aromatic rings. The maximum Gasteiger partial charge on any atom is 0.408 e. The molecule has 1 aromatic heterocycles. The molecule has 2 amide bonds. The van der Waals surface area contributed by atoms with E-state index in [9.17, 15) is 34.5 Å². The van der Waals surface area contributed by atoms with Crippen molar-refractivity contribution < 1.29 is 43.9 Å². The molecule has 1 fully saturated rings. The molecule has 0 spiro atoms. The minimum absolute atomic E-state index is 0.0400. The lowest BCUT2D eigenvalue weighted by atomic mass is 9.98. The van der Waals surface area contributed by atoms with E-state index < -0.39 is 72.9 Å². The van der Waals surface area contributed by atoms with Gasteiger partial charge in [0.1, 0.15) is 42.4 Å². The second-order valence-corrected chi connectivity index (χ2v) is 12.0. The predicted molar refractivity (Wildman–Crippen MR) is 163 cm³/mol. The van der Waals surface area contributed by atoms with Gasteiger partial charge in [-0.05, 0) is 49.1 Å². The van der Waals surface area contributed by atoms with Crippen LogP contribution in [-0.2, 0) is 23.8 Å². The smallest absolute Gasteiger partial charge is 0.408 e. The standard InChI is InChI=1S/C32H36N4O10/c1-32(2,3)46-31(43)33-22(29(41)44-16-21-19-10-6-4-8-17(19)18-9-5-7-11-20(18)21)14-25(38)34-24-12-13-36(30(42)35-24)28-27(40)26(39)23(15-37)45-28/h4-13,21-23,26-28,37,39-40H,14-16H2,1-3H3,(H,33,43)(H,34,35,38,42)/t22-,23+,26+,27-,28+/m0/s1. The Balaban J connectivity index is 1.28. The van der Waals surface area contributed by atoms with Gasteiger partial charge in [0.2, 0.25) is 5.91 Å². The van der Waals surface area contributed by atoms with Gasteiger partial charge in [-0.3, -0.25) is 9.36 Å². The van der Waals surface area contributed by atoms with Crippen molar-refractivity contribution in [2.75, 3.05) is 18.5 Å². The van der Waals surface area contributed by atoms with Gasteiger partial charge in [0.25, 0.3) is 0 Å². The highest BCUT2D eigenvalue weighted by Crippen LogP contribution is 2.44. The Bertz CT molecular complexity index is 1620. The molecule has 244 valence electrons. The van der Waals surface area contributed by atoms with Crippen LogP contribution in [0, 0.1) is 0 Å². The molecule has 2 aliphatic rings. The van der Waals surface area contributed by atoms with Crippen molar-refractivity contribution in [3.8, 4) is 11.1 Å². The number of aliphatic hydroxyl groups is 3. The lowest BCUT2D eigenvalue weighted by Gasteiger charge is -2.23. The van der Waals surface area contributed by atoms with Crippen LogP contribution >= 0.6 is 0 Å². The van der Waals surface area contributed by atoms with Gasteiger partial charge in [0, 0.05) is 12.1 Å². The summed E-state index contributed by atoms with van der Waals surface area (Å²) in [5, 5.41) is 34.3. The molecule has 0 radical (unpaired) electrons. The summed E-state index contributed by atoms with van der Waals surface area (Å²) in [5.74, 6) is -2.07. The fourth-order valence-corrected chi connectivity index (χ4v) is 5.51. The molecule has 46 heavy (non-hydrogen) atoms. The molecule has 2 aromatic carbocycles. The molecule has 0 saturated carbocycles. The van der Waals surface area contributed by atoms with E-state index in [0.29, 0.717) is 0 Å². The maximum absolute atomic E-state index is 13.4. The lowest BCUT2D eigenvalue weighted by molar-refractivity contribution is -0.147. The first kappa shape index (κ1) is 32.8. The Morgan fingerprint density at radius 3 is 2.20 bits per heavy atom. The number of fused-ring (bicyclic) bond motifs is 3. The monoisotopic (exact) mass is 636 g/mol. The number of ether oxygens (including phenoxy) is 3. The summed E-state index contributed by atoms with van der Waals surface area (Å²) < 4.78 is 17.2. The fraction of sp³-hybridized carbons (Fsp3) is 0.406. The largest absolute Gasteiger partial charge is 0.463 e. The van der Waals surface area contributed by atoms with E-state index in [0.717, 1.165) is 26.8 Å². The van der Waals surface area contributed by atoms with Gasteiger partial charge in [-0.2, -0.15) is 4.98 Å². The van der Waals surface area contributed by atoms with E-state index in [4.69, 9.17) is 14.2 Å². The predicted octanol–water partition coefficient (Wildman–Crippen LogP) is 1.43. The Hall–Kier alpha value is -4.63. The number of aromatic nitrogens is 2. The Labute approximate surface area is 263 Å². The molecule has 5 N–H and O–H groups in total. The minimum Gasteiger partial charge on any atom is -0.463 e. The van der Waals surface area contributed by atoms with Crippen LogP contribution in [0.25, 0.3) is 11.1 Å². The van der Waals surface area contributed by atoms with E-state index in [1.54, 1.807) is 20.8 Å². The summed E-state index contributed by atoms with van der Waals surface area (Å²) in [6, 6.07) is 15.4. The van der Waals surface area contributed by atoms with Gasteiger partial charge in [0.05, 0.1) is 13.0 Å². The number of benzene rings is 2. The highest BCUT2D eigenvalue weighted by atomic mass is 16.6. The normalized spacial score (nSPS) is 21.2. The van der Waals surface area contributed by atoms with Gasteiger partial charge in [-0.15, -0.1) is 0 Å². The number of hydrogen-bond donors (Lipinski definition) is 5. The SMILES string of the molecule is CC(C)(C)OC(=O)N[C@@H](CC(=O)Nc1ccn([C@@H]2O[C@H](CO)[C@@H](O)[C@@H]2O)c(=O)n1)C(=O)OCC1c2ccccc2-c2ccccc21. The summed E-state index contributed by atoms with van der Waals surface area (Å²) >= 11 is 0. The molecular weight excluding hydrogens is 600 g/mol. The number of hydrogen-bond acceptors (Lipinski definition) is 11. The number of alkyl carbamates (subject to hydrolysis) is 1. The average Bonchev–Trinajstić information content (AvgIpc) is 3.47. The summed E-state index contributed by atoms with van der Waals surface area (Å²) in [4.78, 5) is 55.4. The molecule has 0 unspecified atom stereocenters. The van der Waals surface area contributed by atoms with E-state index in [1.165, 1.54) is 12.3 Å². The molecule has 1 aliphatic carbocycles. The molecular formula is C32H36N4O10.